The molecule has 0 spiro atoms. The second-order valence-corrected chi connectivity index (χ2v) is 7.19. The molecule has 3 aromatic carbocycles. The number of carbonyl (C=O) groups excluding carboxylic acids is 2. The maximum atomic E-state index is 12.1. The second-order valence-electron chi connectivity index (χ2n) is 6.28. The van der Waals surface area contributed by atoms with Gasteiger partial charge in [0, 0.05) is 10.2 Å². The molecule has 3 rings (SSSR count). The molecule has 0 aromatic heterocycles. The lowest BCUT2D eigenvalue weighted by molar-refractivity contribution is -0.125. The number of halogens is 1. The minimum absolute atomic E-state index is 0.105. The summed E-state index contributed by atoms with van der Waals surface area (Å²) in [7, 11) is 0. The molecule has 0 heterocycles. The van der Waals surface area contributed by atoms with Gasteiger partial charge in [-0.1, -0.05) is 53.2 Å². The summed E-state index contributed by atoms with van der Waals surface area (Å²) in [5, 5.41) is 7.49. The maximum absolute atomic E-state index is 12.1. The van der Waals surface area contributed by atoms with Crippen molar-refractivity contribution in [1.29, 1.82) is 0 Å². The molecule has 0 atom stereocenters. The fourth-order valence-corrected chi connectivity index (χ4v) is 3.19. The monoisotopic (exact) mass is 440 g/mol. The molecular weight excluding hydrogens is 420 g/mol. The molecule has 0 radical (unpaired) electrons. The standard InChI is InChI=1S/C22H21BrN2O3/c1-2-15-5-3-4-6-20(15)25-21(26)13-24-22(27)14-28-19-10-8-16-11-18(23)9-7-17(16)12-19/h3-12H,2,13-14H2,1H3,(H,24,27)(H,25,26). The highest BCUT2D eigenvalue weighted by Gasteiger charge is 2.09. The van der Waals surface area contributed by atoms with Crippen molar-refractivity contribution in [3.05, 3.63) is 70.7 Å². The third kappa shape index (κ3) is 5.33. The van der Waals surface area contributed by atoms with Crippen molar-refractivity contribution in [2.24, 2.45) is 0 Å². The molecule has 6 heteroatoms. The quantitative estimate of drug-likeness (QED) is 0.575. The molecule has 0 saturated heterocycles. The summed E-state index contributed by atoms with van der Waals surface area (Å²) in [5.74, 6) is -0.0216. The molecule has 0 aliphatic heterocycles. The van der Waals surface area contributed by atoms with Gasteiger partial charge < -0.3 is 15.4 Å². The zero-order valence-corrected chi connectivity index (χ0v) is 17.1. The molecule has 2 N–H and O–H groups in total. The first-order chi connectivity index (χ1) is 13.5. The van der Waals surface area contributed by atoms with E-state index in [1.54, 1.807) is 0 Å². The van der Waals surface area contributed by atoms with Gasteiger partial charge in [0.05, 0.1) is 6.54 Å². The topological polar surface area (TPSA) is 67.4 Å². The summed E-state index contributed by atoms with van der Waals surface area (Å²) < 4.78 is 6.55. The molecule has 2 amide bonds. The van der Waals surface area contributed by atoms with E-state index >= 15 is 0 Å². The number of para-hydroxylation sites is 1. The molecule has 0 saturated carbocycles. The van der Waals surface area contributed by atoms with Crippen molar-refractivity contribution >= 4 is 44.2 Å². The van der Waals surface area contributed by atoms with E-state index < -0.39 is 0 Å². The van der Waals surface area contributed by atoms with Gasteiger partial charge in [-0.2, -0.15) is 0 Å². The van der Waals surface area contributed by atoms with Gasteiger partial charge in [0.25, 0.3) is 5.91 Å². The number of benzene rings is 3. The number of fused-ring (bicyclic) bond motifs is 1. The Hall–Kier alpha value is -2.86. The maximum Gasteiger partial charge on any atom is 0.258 e. The molecule has 0 fully saturated rings. The van der Waals surface area contributed by atoms with E-state index in [9.17, 15) is 9.59 Å². The smallest absolute Gasteiger partial charge is 0.258 e. The van der Waals surface area contributed by atoms with Gasteiger partial charge in [0.15, 0.2) is 6.61 Å². The Labute approximate surface area is 172 Å². The first-order valence-electron chi connectivity index (χ1n) is 9.01. The Morgan fingerprint density at radius 1 is 0.964 bits per heavy atom. The van der Waals surface area contributed by atoms with Crippen LogP contribution in [0.25, 0.3) is 10.8 Å². The summed E-state index contributed by atoms with van der Waals surface area (Å²) in [6.45, 7) is 1.77. The highest BCUT2D eigenvalue weighted by Crippen LogP contribution is 2.24. The molecule has 5 nitrogen and oxygen atoms in total. The van der Waals surface area contributed by atoms with Crippen molar-refractivity contribution in [2.45, 2.75) is 13.3 Å². The van der Waals surface area contributed by atoms with E-state index in [1.165, 1.54) is 0 Å². The molecule has 0 aliphatic carbocycles. The van der Waals surface area contributed by atoms with Crippen LogP contribution in [0.3, 0.4) is 0 Å². The molecule has 3 aromatic rings. The number of anilines is 1. The normalized spacial score (nSPS) is 10.5. The van der Waals surface area contributed by atoms with Gasteiger partial charge in [-0.05, 0) is 53.1 Å². The van der Waals surface area contributed by atoms with Crippen LogP contribution in [0.15, 0.2) is 65.1 Å². The average molecular weight is 441 g/mol. The van der Waals surface area contributed by atoms with Crippen molar-refractivity contribution in [2.75, 3.05) is 18.5 Å². The van der Waals surface area contributed by atoms with Crippen LogP contribution in [-0.2, 0) is 16.0 Å². The van der Waals surface area contributed by atoms with Crippen LogP contribution < -0.4 is 15.4 Å². The molecule has 28 heavy (non-hydrogen) atoms. The van der Waals surface area contributed by atoms with Gasteiger partial charge in [0.2, 0.25) is 5.91 Å². The molecule has 0 unspecified atom stereocenters. The van der Waals surface area contributed by atoms with Gasteiger partial charge >= 0.3 is 0 Å². The molecule has 144 valence electrons. The van der Waals surface area contributed by atoms with Crippen LogP contribution in [0.2, 0.25) is 0 Å². The van der Waals surface area contributed by atoms with Crippen LogP contribution >= 0.6 is 15.9 Å². The Kier molecular flexibility index (Phi) is 6.66. The number of hydrogen-bond acceptors (Lipinski definition) is 3. The number of rotatable bonds is 7. The second kappa shape index (κ2) is 9.37. The van der Waals surface area contributed by atoms with Crippen molar-refractivity contribution in [3.63, 3.8) is 0 Å². The van der Waals surface area contributed by atoms with Crippen LogP contribution in [-0.4, -0.2) is 25.0 Å². The Bertz CT molecular complexity index is 1000. The summed E-state index contributed by atoms with van der Waals surface area (Å²) in [6.07, 6.45) is 0.819. The van der Waals surface area contributed by atoms with E-state index in [0.717, 1.165) is 32.9 Å². The van der Waals surface area contributed by atoms with Crippen LogP contribution in [0.4, 0.5) is 5.69 Å². The van der Waals surface area contributed by atoms with Crippen molar-refractivity contribution in [1.82, 2.24) is 5.32 Å². The highest BCUT2D eigenvalue weighted by molar-refractivity contribution is 9.10. The summed E-state index contributed by atoms with van der Waals surface area (Å²) in [5.41, 5.74) is 1.82. The SMILES string of the molecule is CCc1ccccc1NC(=O)CNC(=O)COc1ccc2cc(Br)ccc2c1. The van der Waals surface area contributed by atoms with Gasteiger partial charge in [-0.3, -0.25) is 9.59 Å². The molecule has 0 aliphatic rings. The van der Waals surface area contributed by atoms with E-state index in [0.29, 0.717) is 5.75 Å². The number of aryl methyl sites for hydroxylation is 1. The third-order valence-electron chi connectivity index (χ3n) is 4.26. The number of ether oxygens (including phenoxy) is 1. The number of carbonyl (C=O) groups is 2. The average Bonchev–Trinajstić information content (AvgIpc) is 2.71. The van der Waals surface area contributed by atoms with Crippen LogP contribution in [0, 0.1) is 0 Å². The Morgan fingerprint density at radius 3 is 2.54 bits per heavy atom. The lowest BCUT2D eigenvalue weighted by Crippen LogP contribution is -2.35. The zero-order valence-electron chi connectivity index (χ0n) is 15.5. The lowest BCUT2D eigenvalue weighted by atomic mass is 10.1. The van der Waals surface area contributed by atoms with E-state index in [2.05, 4.69) is 26.6 Å². The van der Waals surface area contributed by atoms with Crippen molar-refractivity contribution < 1.29 is 14.3 Å². The summed E-state index contributed by atoms with van der Waals surface area (Å²) in [4.78, 5) is 24.0. The lowest BCUT2D eigenvalue weighted by Gasteiger charge is -2.11. The summed E-state index contributed by atoms with van der Waals surface area (Å²) >= 11 is 3.44. The van der Waals surface area contributed by atoms with Crippen LogP contribution in [0.1, 0.15) is 12.5 Å². The minimum Gasteiger partial charge on any atom is -0.484 e. The van der Waals surface area contributed by atoms with Crippen molar-refractivity contribution in [3.8, 4) is 5.75 Å². The van der Waals surface area contributed by atoms with Gasteiger partial charge in [-0.25, -0.2) is 0 Å². The van der Waals surface area contributed by atoms with E-state index in [4.69, 9.17) is 4.74 Å². The minimum atomic E-state index is -0.352. The fourth-order valence-electron chi connectivity index (χ4n) is 2.81. The fraction of sp³-hybridized carbons (Fsp3) is 0.182. The first-order valence-corrected chi connectivity index (χ1v) is 9.81. The first kappa shape index (κ1) is 19.9. The Balaban J connectivity index is 1.48. The number of amides is 2. The number of nitrogens with one attached hydrogen (secondary N) is 2. The van der Waals surface area contributed by atoms with E-state index in [1.807, 2.05) is 67.6 Å². The van der Waals surface area contributed by atoms with Crippen LogP contribution in [0.5, 0.6) is 5.75 Å². The predicted octanol–water partition coefficient (Wildman–Crippen LogP) is 4.30. The van der Waals surface area contributed by atoms with Gasteiger partial charge in [-0.15, -0.1) is 0 Å². The highest BCUT2D eigenvalue weighted by atomic mass is 79.9. The summed E-state index contributed by atoms with van der Waals surface area (Å²) in [6, 6.07) is 19.2. The third-order valence-corrected chi connectivity index (χ3v) is 4.76. The molecule has 0 bridgehead atoms. The predicted molar refractivity (Wildman–Crippen MR) is 115 cm³/mol. The largest absolute Gasteiger partial charge is 0.484 e. The zero-order chi connectivity index (χ0) is 19.9. The Morgan fingerprint density at radius 2 is 1.71 bits per heavy atom. The molecular formula is C22H21BrN2O3. The number of hydrogen-bond donors (Lipinski definition) is 2. The van der Waals surface area contributed by atoms with Gasteiger partial charge in [0.1, 0.15) is 5.75 Å². The van der Waals surface area contributed by atoms with E-state index in [-0.39, 0.29) is 25.0 Å².